The molecular formula is C13H17NO3. The van der Waals surface area contributed by atoms with Gasteiger partial charge in [-0.2, -0.15) is 0 Å². The highest BCUT2D eigenvalue weighted by atomic mass is 16.5. The highest BCUT2D eigenvalue weighted by Crippen LogP contribution is 2.11. The Morgan fingerprint density at radius 1 is 1.35 bits per heavy atom. The van der Waals surface area contributed by atoms with E-state index in [1.54, 1.807) is 19.1 Å². The van der Waals surface area contributed by atoms with Crippen LogP contribution in [0.5, 0.6) is 0 Å². The van der Waals surface area contributed by atoms with Crippen molar-refractivity contribution in [3.63, 3.8) is 0 Å². The molecule has 0 fully saturated rings. The van der Waals surface area contributed by atoms with E-state index >= 15 is 0 Å². The Balaban J connectivity index is 2.58. The quantitative estimate of drug-likeness (QED) is 0.598. The Hall–Kier alpha value is -1.84. The van der Waals surface area contributed by atoms with Gasteiger partial charge in [-0.3, -0.25) is 4.79 Å². The molecular weight excluding hydrogens is 218 g/mol. The van der Waals surface area contributed by atoms with Gasteiger partial charge in [-0.25, -0.2) is 4.79 Å². The minimum atomic E-state index is -0.859. The first-order chi connectivity index (χ1) is 8.17. The van der Waals surface area contributed by atoms with Gasteiger partial charge in [0.15, 0.2) is 0 Å². The second-order valence-electron chi connectivity index (χ2n) is 3.61. The van der Waals surface area contributed by atoms with Crippen molar-refractivity contribution in [1.29, 1.82) is 0 Å². The van der Waals surface area contributed by atoms with Gasteiger partial charge >= 0.3 is 11.9 Å². The molecule has 0 aliphatic heterocycles. The summed E-state index contributed by atoms with van der Waals surface area (Å²) in [5.41, 5.74) is 0.593. The molecule has 0 heterocycles. The molecule has 1 aliphatic rings. The van der Waals surface area contributed by atoms with E-state index < -0.39 is 11.9 Å². The van der Waals surface area contributed by atoms with Gasteiger partial charge in [-0.1, -0.05) is 25.2 Å². The first kappa shape index (κ1) is 13.2. The molecule has 0 aromatic heterocycles. The van der Waals surface area contributed by atoms with E-state index in [1.165, 1.54) is 0 Å². The normalized spacial score (nSPS) is 18.2. The Morgan fingerprint density at radius 2 is 2.12 bits per heavy atom. The van der Waals surface area contributed by atoms with Crippen LogP contribution in [-0.4, -0.2) is 18.5 Å². The van der Waals surface area contributed by atoms with Crippen LogP contribution in [0.3, 0.4) is 0 Å². The summed E-state index contributed by atoms with van der Waals surface area (Å²) in [6.07, 6.45) is 10.4. The van der Waals surface area contributed by atoms with E-state index in [4.69, 9.17) is 0 Å². The lowest BCUT2D eigenvalue weighted by Crippen LogP contribution is -2.31. The molecule has 0 saturated carbocycles. The number of hydrogen-bond acceptors (Lipinski definition) is 3. The van der Waals surface area contributed by atoms with Gasteiger partial charge < -0.3 is 10.1 Å². The topological polar surface area (TPSA) is 55.4 Å². The van der Waals surface area contributed by atoms with Crippen molar-refractivity contribution < 1.29 is 14.3 Å². The van der Waals surface area contributed by atoms with Crippen LogP contribution in [0.2, 0.25) is 0 Å². The van der Waals surface area contributed by atoms with Gasteiger partial charge in [-0.15, -0.1) is 0 Å². The molecule has 4 heteroatoms. The maximum atomic E-state index is 11.4. The Kier molecular flexibility index (Phi) is 5.20. The summed E-state index contributed by atoms with van der Waals surface area (Å²) in [6.45, 7) is 3.94. The zero-order valence-corrected chi connectivity index (χ0v) is 10.1. The van der Waals surface area contributed by atoms with Crippen LogP contribution in [-0.2, 0) is 14.3 Å². The third-order valence-electron chi connectivity index (χ3n) is 2.35. The van der Waals surface area contributed by atoms with Crippen LogP contribution in [0.4, 0.5) is 0 Å². The van der Waals surface area contributed by atoms with Crippen LogP contribution < -0.4 is 5.32 Å². The summed E-state index contributed by atoms with van der Waals surface area (Å²) < 4.78 is 4.60. The van der Waals surface area contributed by atoms with Crippen molar-refractivity contribution in [2.75, 3.05) is 6.61 Å². The maximum absolute atomic E-state index is 11.4. The van der Waals surface area contributed by atoms with E-state index in [1.807, 2.05) is 18.2 Å². The molecule has 0 aromatic carbocycles. The molecule has 0 saturated heterocycles. The number of nitrogens with one attached hydrogen (secondary N) is 1. The maximum Gasteiger partial charge on any atom is 0.397 e. The fraction of sp³-hybridized carbons (Fsp3) is 0.385. The Bertz CT molecular complexity index is 380. The van der Waals surface area contributed by atoms with Crippen molar-refractivity contribution in [3.05, 3.63) is 36.1 Å². The molecule has 0 radical (unpaired) electrons. The summed E-state index contributed by atoms with van der Waals surface area (Å²) in [5, 5.41) is 2.50. The van der Waals surface area contributed by atoms with E-state index in [2.05, 4.69) is 17.0 Å². The highest BCUT2D eigenvalue weighted by molar-refractivity contribution is 6.32. The second kappa shape index (κ2) is 6.68. The number of allylic oxidation sites excluding steroid dienone is 5. The molecule has 0 spiro atoms. The molecule has 0 aromatic rings. The molecule has 1 N–H and O–H groups in total. The van der Waals surface area contributed by atoms with Gasteiger partial charge in [0.25, 0.3) is 0 Å². The van der Waals surface area contributed by atoms with Crippen LogP contribution in [0, 0.1) is 5.92 Å². The van der Waals surface area contributed by atoms with Crippen molar-refractivity contribution >= 4 is 11.9 Å². The number of amides is 1. The van der Waals surface area contributed by atoms with E-state index in [0.29, 0.717) is 11.6 Å². The first-order valence-electron chi connectivity index (χ1n) is 5.72. The van der Waals surface area contributed by atoms with E-state index in [0.717, 1.165) is 6.42 Å². The van der Waals surface area contributed by atoms with Crippen LogP contribution in [0.1, 0.15) is 20.3 Å². The van der Waals surface area contributed by atoms with Gasteiger partial charge in [0.2, 0.25) is 0 Å². The Morgan fingerprint density at radius 3 is 2.76 bits per heavy atom. The monoisotopic (exact) mass is 235 g/mol. The fourth-order valence-electron chi connectivity index (χ4n) is 1.38. The molecule has 92 valence electrons. The van der Waals surface area contributed by atoms with Crippen molar-refractivity contribution in [2.24, 2.45) is 5.92 Å². The SMILES string of the molecule is CCOC(=O)C(=O)NC1=CC=CC(CC)C=C1. The van der Waals surface area contributed by atoms with Crippen molar-refractivity contribution in [1.82, 2.24) is 5.32 Å². The summed E-state index contributed by atoms with van der Waals surface area (Å²) in [7, 11) is 0. The van der Waals surface area contributed by atoms with Crippen molar-refractivity contribution in [2.45, 2.75) is 20.3 Å². The molecule has 17 heavy (non-hydrogen) atoms. The number of carbonyl (C=O) groups excluding carboxylic acids is 2. The summed E-state index contributed by atoms with van der Waals surface area (Å²) >= 11 is 0. The molecule has 0 bridgehead atoms. The number of carbonyl (C=O) groups is 2. The molecule has 1 atom stereocenters. The fourth-order valence-corrected chi connectivity index (χ4v) is 1.38. The van der Waals surface area contributed by atoms with E-state index in [-0.39, 0.29) is 6.61 Å². The summed E-state index contributed by atoms with van der Waals surface area (Å²) in [4.78, 5) is 22.5. The minimum Gasteiger partial charge on any atom is -0.459 e. The lowest BCUT2D eigenvalue weighted by atomic mass is 10.1. The average molecular weight is 235 g/mol. The number of esters is 1. The molecule has 1 rings (SSSR count). The van der Waals surface area contributed by atoms with Crippen LogP contribution >= 0.6 is 0 Å². The number of hydrogen-bond donors (Lipinski definition) is 1. The van der Waals surface area contributed by atoms with Gasteiger partial charge in [0, 0.05) is 5.70 Å². The third-order valence-corrected chi connectivity index (χ3v) is 2.35. The minimum absolute atomic E-state index is 0.193. The molecule has 4 nitrogen and oxygen atoms in total. The number of ether oxygens (including phenoxy) is 1. The predicted molar refractivity (Wildman–Crippen MR) is 64.9 cm³/mol. The second-order valence-corrected chi connectivity index (χ2v) is 3.61. The van der Waals surface area contributed by atoms with Gasteiger partial charge in [-0.05, 0) is 31.4 Å². The molecule has 1 aliphatic carbocycles. The lowest BCUT2D eigenvalue weighted by molar-refractivity contribution is -0.154. The van der Waals surface area contributed by atoms with Crippen molar-refractivity contribution in [3.8, 4) is 0 Å². The van der Waals surface area contributed by atoms with Gasteiger partial charge in [0.1, 0.15) is 0 Å². The largest absolute Gasteiger partial charge is 0.459 e. The summed E-state index contributed by atoms with van der Waals surface area (Å²) in [6, 6.07) is 0. The Labute approximate surface area is 101 Å². The van der Waals surface area contributed by atoms with E-state index in [9.17, 15) is 9.59 Å². The van der Waals surface area contributed by atoms with Gasteiger partial charge in [0.05, 0.1) is 6.61 Å². The van der Waals surface area contributed by atoms with Crippen LogP contribution in [0.25, 0.3) is 0 Å². The average Bonchev–Trinajstić information content (AvgIpc) is 2.54. The van der Waals surface area contributed by atoms with Crippen LogP contribution in [0.15, 0.2) is 36.1 Å². The number of rotatable bonds is 3. The lowest BCUT2D eigenvalue weighted by Gasteiger charge is -2.04. The molecule has 1 unspecified atom stereocenters. The zero-order chi connectivity index (χ0) is 12.7. The first-order valence-corrected chi connectivity index (χ1v) is 5.72. The highest BCUT2D eigenvalue weighted by Gasteiger charge is 2.15. The zero-order valence-electron chi connectivity index (χ0n) is 10.1. The summed E-state index contributed by atoms with van der Waals surface area (Å²) in [5.74, 6) is -1.24. The molecule has 1 amide bonds. The smallest absolute Gasteiger partial charge is 0.397 e. The third kappa shape index (κ3) is 4.26. The predicted octanol–water partition coefficient (Wildman–Crippen LogP) is 1.70. The standard InChI is InChI=1S/C13H17NO3/c1-3-10-6-5-7-11(9-8-10)14-12(15)13(16)17-4-2/h5-10H,3-4H2,1-2H3,(H,14,15).